The summed E-state index contributed by atoms with van der Waals surface area (Å²) >= 11 is 0. The molecule has 108 valence electrons. The molecule has 2 aromatic rings. The first-order chi connectivity index (χ1) is 9.88. The zero-order valence-corrected chi connectivity index (χ0v) is 10.2. The van der Waals surface area contributed by atoms with Crippen LogP contribution in [0, 0.1) is 21.7 Å². The number of benzene rings is 1. The standard InChI is InChI=1S/C12H7F2N3O4/c13-8-2-1-6(3-9(8)14)16-11-4-7(12(18)19)10(5-15-11)17(20)21/h1-5H,(H,15,16)(H,18,19). The minimum atomic E-state index is -1.50. The molecule has 9 heteroatoms. The molecule has 21 heavy (non-hydrogen) atoms. The van der Waals surface area contributed by atoms with Crippen LogP contribution < -0.4 is 5.32 Å². The minimum Gasteiger partial charge on any atom is -0.477 e. The summed E-state index contributed by atoms with van der Waals surface area (Å²) in [6.45, 7) is 0. The Kier molecular flexibility index (Phi) is 3.74. The summed E-state index contributed by atoms with van der Waals surface area (Å²) in [4.78, 5) is 24.4. The van der Waals surface area contributed by atoms with Gasteiger partial charge in [0.05, 0.1) is 4.92 Å². The average Bonchev–Trinajstić information content (AvgIpc) is 2.42. The number of aromatic carboxylic acids is 1. The lowest BCUT2D eigenvalue weighted by atomic mass is 10.2. The molecule has 1 aromatic heterocycles. The predicted octanol–water partition coefficient (Wildman–Crippen LogP) is 2.71. The second-order valence-corrected chi connectivity index (χ2v) is 3.90. The molecule has 2 N–H and O–H groups in total. The lowest BCUT2D eigenvalue weighted by Crippen LogP contribution is -2.05. The normalized spacial score (nSPS) is 10.2. The van der Waals surface area contributed by atoms with E-state index in [0.717, 1.165) is 24.4 Å². The van der Waals surface area contributed by atoms with Crippen LogP contribution >= 0.6 is 0 Å². The molecule has 0 radical (unpaired) electrons. The number of rotatable bonds is 4. The highest BCUT2D eigenvalue weighted by atomic mass is 19.2. The summed E-state index contributed by atoms with van der Waals surface area (Å²) in [6.07, 6.45) is 0.770. The van der Waals surface area contributed by atoms with Gasteiger partial charge in [-0.3, -0.25) is 10.1 Å². The molecule has 0 saturated carbocycles. The van der Waals surface area contributed by atoms with Crippen molar-refractivity contribution in [2.75, 3.05) is 5.32 Å². The lowest BCUT2D eigenvalue weighted by molar-refractivity contribution is -0.385. The Morgan fingerprint density at radius 1 is 1.29 bits per heavy atom. The molecular weight excluding hydrogens is 288 g/mol. The molecule has 0 fully saturated rings. The van der Waals surface area contributed by atoms with Gasteiger partial charge in [0, 0.05) is 17.8 Å². The molecule has 0 spiro atoms. The molecule has 0 unspecified atom stereocenters. The third-order valence-corrected chi connectivity index (χ3v) is 2.50. The van der Waals surface area contributed by atoms with E-state index in [9.17, 15) is 23.7 Å². The maximum atomic E-state index is 13.0. The van der Waals surface area contributed by atoms with Crippen LogP contribution in [-0.2, 0) is 0 Å². The van der Waals surface area contributed by atoms with E-state index in [0.29, 0.717) is 0 Å². The molecule has 0 amide bonds. The number of nitro groups is 1. The molecule has 7 nitrogen and oxygen atoms in total. The number of halogens is 2. The zero-order valence-electron chi connectivity index (χ0n) is 10.2. The van der Waals surface area contributed by atoms with E-state index in [1.165, 1.54) is 6.07 Å². The van der Waals surface area contributed by atoms with Crippen LogP contribution in [0.2, 0.25) is 0 Å². The molecule has 1 aromatic carbocycles. The van der Waals surface area contributed by atoms with Gasteiger partial charge in [0.2, 0.25) is 0 Å². The fraction of sp³-hybridized carbons (Fsp3) is 0. The monoisotopic (exact) mass is 295 g/mol. The third kappa shape index (κ3) is 3.08. The van der Waals surface area contributed by atoms with Gasteiger partial charge in [0.15, 0.2) is 11.6 Å². The third-order valence-electron chi connectivity index (χ3n) is 2.50. The summed E-state index contributed by atoms with van der Waals surface area (Å²) in [6, 6.07) is 3.86. The molecule has 0 aliphatic rings. The van der Waals surface area contributed by atoms with E-state index < -0.39 is 33.8 Å². The van der Waals surface area contributed by atoms with Crippen LogP contribution in [0.1, 0.15) is 10.4 Å². The van der Waals surface area contributed by atoms with Crippen LogP contribution in [0.15, 0.2) is 30.5 Å². The van der Waals surface area contributed by atoms with Crippen LogP contribution in [0.5, 0.6) is 0 Å². The molecular formula is C12H7F2N3O4. The summed E-state index contributed by atoms with van der Waals surface area (Å²) < 4.78 is 25.8. The van der Waals surface area contributed by atoms with Gasteiger partial charge in [-0.1, -0.05) is 0 Å². The number of aromatic nitrogens is 1. The Morgan fingerprint density at radius 2 is 2.00 bits per heavy atom. The second kappa shape index (κ2) is 5.49. The summed E-state index contributed by atoms with van der Waals surface area (Å²) in [7, 11) is 0. The van der Waals surface area contributed by atoms with E-state index in [1.54, 1.807) is 0 Å². The van der Waals surface area contributed by atoms with E-state index in [2.05, 4.69) is 10.3 Å². The van der Waals surface area contributed by atoms with Gasteiger partial charge in [0.1, 0.15) is 17.6 Å². The van der Waals surface area contributed by atoms with E-state index >= 15 is 0 Å². The van der Waals surface area contributed by atoms with Gasteiger partial charge in [-0.25, -0.2) is 18.6 Å². The first-order valence-electron chi connectivity index (χ1n) is 5.48. The molecule has 0 aliphatic carbocycles. The number of nitrogens with one attached hydrogen (secondary N) is 1. The van der Waals surface area contributed by atoms with Crippen LogP contribution in [0.4, 0.5) is 26.0 Å². The Balaban J connectivity index is 2.36. The topological polar surface area (TPSA) is 105 Å². The quantitative estimate of drug-likeness (QED) is 0.663. The van der Waals surface area contributed by atoms with Gasteiger partial charge < -0.3 is 10.4 Å². The minimum absolute atomic E-state index is 0.0518. The van der Waals surface area contributed by atoms with E-state index in [-0.39, 0.29) is 11.5 Å². The Morgan fingerprint density at radius 3 is 2.57 bits per heavy atom. The van der Waals surface area contributed by atoms with Crippen molar-refractivity contribution in [2.45, 2.75) is 0 Å². The number of hydrogen-bond acceptors (Lipinski definition) is 5. The van der Waals surface area contributed by atoms with Gasteiger partial charge in [-0.2, -0.15) is 0 Å². The highest BCUT2D eigenvalue weighted by molar-refractivity contribution is 5.93. The number of nitrogens with zero attached hydrogens (tertiary/aromatic N) is 2. The molecule has 0 bridgehead atoms. The predicted molar refractivity (Wildman–Crippen MR) is 67.5 cm³/mol. The van der Waals surface area contributed by atoms with Crippen molar-refractivity contribution < 1.29 is 23.6 Å². The summed E-state index contributed by atoms with van der Waals surface area (Å²) in [5.74, 6) is -3.69. The summed E-state index contributed by atoms with van der Waals surface area (Å²) in [5.41, 5.74) is -1.12. The number of carbonyl (C=O) groups is 1. The highest BCUT2D eigenvalue weighted by Gasteiger charge is 2.21. The first kappa shape index (κ1) is 14.3. The van der Waals surface area contributed by atoms with Gasteiger partial charge in [-0.05, 0) is 12.1 Å². The van der Waals surface area contributed by atoms with Crippen molar-refractivity contribution in [1.29, 1.82) is 0 Å². The Labute approximate surface area is 116 Å². The second-order valence-electron chi connectivity index (χ2n) is 3.90. The Bertz CT molecular complexity index is 736. The van der Waals surface area contributed by atoms with Gasteiger partial charge >= 0.3 is 11.7 Å². The van der Waals surface area contributed by atoms with Crippen molar-refractivity contribution in [3.05, 3.63) is 57.8 Å². The number of carboxylic acids is 1. The van der Waals surface area contributed by atoms with E-state index in [1.807, 2.05) is 0 Å². The maximum Gasteiger partial charge on any atom is 0.342 e. The molecule has 2 rings (SSSR count). The van der Waals surface area contributed by atoms with Crippen molar-refractivity contribution >= 4 is 23.2 Å². The van der Waals surface area contributed by atoms with E-state index in [4.69, 9.17) is 5.11 Å². The zero-order chi connectivity index (χ0) is 15.6. The average molecular weight is 295 g/mol. The molecule has 1 heterocycles. The van der Waals surface area contributed by atoms with Crippen LogP contribution in [0.3, 0.4) is 0 Å². The fourth-order valence-corrected chi connectivity index (χ4v) is 1.56. The van der Waals surface area contributed by atoms with Crippen molar-refractivity contribution in [3.8, 4) is 0 Å². The number of anilines is 2. The smallest absolute Gasteiger partial charge is 0.342 e. The van der Waals surface area contributed by atoms with Crippen LogP contribution in [0.25, 0.3) is 0 Å². The van der Waals surface area contributed by atoms with Gasteiger partial charge in [0.25, 0.3) is 0 Å². The van der Waals surface area contributed by atoms with Gasteiger partial charge in [-0.15, -0.1) is 0 Å². The SMILES string of the molecule is O=C(O)c1cc(Nc2ccc(F)c(F)c2)ncc1[N+](=O)[O-]. The molecule has 0 saturated heterocycles. The fourth-order valence-electron chi connectivity index (χ4n) is 1.56. The number of hydrogen-bond donors (Lipinski definition) is 2. The maximum absolute atomic E-state index is 13.0. The van der Waals surface area contributed by atoms with Crippen molar-refractivity contribution in [2.24, 2.45) is 0 Å². The molecule has 0 atom stereocenters. The summed E-state index contributed by atoms with van der Waals surface area (Å²) in [5, 5.41) is 22.1. The number of pyridine rings is 1. The highest BCUT2D eigenvalue weighted by Crippen LogP contribution is 2.23. The molecule has 0 aliphatic heterocycles. The Hall–Kier alpha value is -3.10. The lowest BCUT2D eigenvalue weighted by Gasteiger charge is -2.07. The number of carboxylic acid groups (broad SMARTS) is 1. The van der Waals surface area contributed by atoms with Crippen molar-refractivity contribution in [1.82, 2.24) is 4.98 Å². The van der Waals surface area contributed by atoms with Crippen LogP contribution in [-0.4, -0.2) is 21.0 Å². The first-order valence-corrected chi connectivity index (χ1v) is 5.48. The van der Waals surface area contributed by atoms with Crippen molar-refractivity contribution in [3.63, 3.8) is 0 Å². The largest absolute Gasteiger partial charge is 0.477 e.